The van der Waals surface area contributed by atoms with Crippen molar-refractivity contribution in [1.29, 1.82) is 0 Å². The molecule has 6 rings (SSSR count). The van der Waals surface area contributed by atoms with E-state index in [1.165, 1.54) is 37.7 Å². The zero-order valence-corrected chi connectivity index (χ0v) is 11.4. The summed E-state index contributed by atoms with van der Waals surface area (Å²) in [6, 6.07) is 6.34. The van der Waals surface area contributed by atoms with Crippen molar-refractivity contribution in [3.05, 3.63) is 23.8 Å². The van der Waals surface area contributed by atoms with Crippen molar-refractivity contribution in [1.82, 2.24) is 0 Å². The fraction of sp³-hybridized carbons (Fsp3) is 0.647. The molecule has 4 saturated carbocycles. The third-order valence-electron chi connectivity index (χ3n) is 5.91. The second-order valence-corrected chi connectivity index (χ2v) is 7.18. The minimum atomic E-state index is -0.302. The van der Waals surface area contributed by atoms with E-state index in [4.69, 9.17) is 9.47 Å². The van der Waals surface area contributed by atoms with E-state index >= 15 is 0 Å². The molecule has 0 aromatic heterocycles. The second-order valence-electron chi connectivity index (χ2n) is 7.18. The Morgan fingerprint density at radius 3 is 2.21 bits per heavy atom. The molecule has 4 fully saturated rings. The number of benzene rings is 1. The van der Waals surface area contributed by atoms with Crippen LogP contribution in [0.3, 0.4) is 0 Å². The van der Waals surface area contributed by atoms with Gasteiger partial charge in [0, 0.05) is 11.8 Å². The normalized spacial score (nSPS) is 45.1. The quantitative estimate of drug-likeness (QED) is 0.700. The summed E-state index contributed by atoms with van der Waals surface area (Å²) in [5, 5.41) is 0. The third kappa shape index (κ3) is 1.28. The SMILES string of the molecule is Cc1ccc2c(c1)OC1(O2)C2CC3CC(C2)CC1C3. The first-order valence-electron chi connectivity index (χ1n) is 7.71. The van der Waals surface area contributed by atoms with E-state index in [-0.39, 0.29) is 5.79 Å². The van der Waals surface area contributed by atoms with Crippen molar-refractivity contribution in [2.75, 3.05) is 0 Å². The van der Waals surface area contributed by atoms with Gasteiger partial charge in [0.25, 0.3) is 5.79 Å². The van der Waals surface area contributed by atoms with E-state index in [1.54, 1.807) is 0 Å². The molecule has 0 atom stereocenters. The van der Waals surface area contributed by atoms with Crippen LogP contribution in [-0.4, -0.2) is 5.79 Å². The molecule has 5 aliphatic rings. The van der Waals surface area contributed by atoms with E-state index < -0.39 is 0 Å². The van der Waals surface area contributed by atoms with Crippen LogP contribution in [0.2, 0.25) is 0 Å². The molecule has 2 heteroatoms. The highest BCUT2D eigenvalue weighted by atomic mass is 16.7. The molecule has 1 heterocycles. The predicted octanol–water partition coefficient (Wildman–Crippen LogP) is 3.92. The van der Waals surface area contributed by atoms with Crippen LogP contribution in [0.25, 0.3) is 0 Å². The Morgan fingerprint density at radius 2 is 1.53 bits per heavy atom. The van der Waals surface area contributed by atoms with Crippen molar-refractivity contribution >= 4 is 0 Å². The maximum absolute atomic E-state index is 6.43. The average molecular weight is 256 g/mol. The van der Waals surface area contributed by atoms with Crippen LogP contribution in [0.1, 0.15) is 37.7 Å². The summed E-state index contributed by atoms with van der Waals surface area (Å²) in [4.78, 5) is 0. The highest BCUT2D eigenvalue weighted by molar-refractivity contribution is 5.46. The molecule has 0 saturated heterocycles. The number of hydrogen-bond acceptors (Lipinski definition) is 2. The van der Waals surface area contributed by atoms with Crippen molar-refractivity contribution in [3.8, 4) is 11.5 Å². The van der Waals surface area contributed by atoms with Crippen LogP contribution in [0.15, 0.2) is 18.2 Å². The van der Waals surface area contributed by atoms with Crippen LogP contribution in [0, 0.1) is 30.6 Å². The summed E-state index contributed by atoms with van der Waals surface area (Å²) in [7, 11) is 0. The van der Waals surface area contributed by atoms with Crippen LogP contribution in [-0.2, 0) is 0 Å². The minimum absolute atomic E-state index is 0.302. The summed E-state index contributed by atoms with van der Waals surface area (Å²) in [6.45, 7) is 2.12. The molecule has 0 N–H and O–H groups in total. The second kappa shape index (κ2) is 3.28. The predicted molar refractivity (Wildman–Crippen MR) is 72.2 cm³/mol. The molecular formula is C17H20O2. The monoisotopic (exact) mass is 256 g/mol. The van der Waals surface area contributed by atoms with Gasteiger partial charge in [0.2, 0.25) is 0 Å². The van der Waals surface area contributed by atoms with Gasteiger partial charge in [-0.3, -0.25) is 0 Å². The Labute approximate surface area is 114 Å². The Balaban J connectivity index is 1.57. The summed E-state index contributed by atoms with van der Waals surface area (Å²) >= 11 is 0. The molecule has 1 aromatic rings. The lowest BCUT2D eigenvalue weighted by molar-refractivity contribution is -0.241. The molecule has 1 aliphatic heterocycles. The number of fused-ring (bicyclic) bond motifs is 1. The lowest BCUT2D eigenvalue weighted by atomic mass is 9.53. The van der Waals surface area contributed by atoms with Crippen LogP contribution in [0.4, 0.5) is 0 Å². The molecule has 0 radical (unpaired) electrons. The standard InChI is InChI=1S/C17H20O2/c1-10-2-3-15-16(4-10)19-17(18-15)13-6-11-5-12(8-13)9-14(17)7-11/h2-4,11-14H,5-9H2,1H3. The van der Waals surface area contributed by atoms with Crippen molar-refractivity contribution in [3.63, 3.8) is 0 Å². The van der Waals surface area contributed by atoms with E-state index in [1.807, 2.05) is 0 Å². The molecule has 2 nitrogen and oxygen atoms in total. The van der Waals surface area contributed by atoms with Gasteiger partial charge < -0.3 is 9.47 Å². The maximum atomic E-state index is 6.43. The maximum Gasteiger partial charge on any atom is 0.257 e. The van der Waals surface area contributed by atoms with Gasteiger partial charge in [0.05, 0.1) is 0 Å². The number of hydrogen-bond donors (Lipinski definition) is 0. The minimum Gasteiger partial charge on any atom is -0.448 e. The Kier molecular flexibility index (Phi) is 1.83. The van der Waals surface area contributed by atoms with E-state index in [0.29, 0.717) is 11.8 Å². The summed E-state index contributed by atoms with van der Waals surface area (Å²) in [6.07, 6.45) is 6.75. The highest BCUT2D eigenvalue weighted by Crippen LogP contribution is 2.62. The first-order valence-corrected chi connectivity index (χ1v) is 7.71. The average Bonchev–Trinajstić information content (AvgIpc) is 2.75. The van der Waals surface area contributed by atoms with Crippen molar-refractivity contribution < 1.29 is 9.47 Å². The number of rotatable bonds is 0. The van der Waals surface area contributed by atoms with Gasteiger partial charge in [0.1, 0.15) is 0 Å². The first kappa shape index (κ1) is 10.6. The van der Waals surface area contributed by atoms with Gasteiger partial charge in [-0.2, -0.15) is 0 Å². The van der Waals surface area contributed by atoms with E-state index in [0.717, 1.165) is 23.3 Å². The molecular weight excluding hydrogens is 236 g/mol. The molecule has 19 heavy (non-hydrogen) atoms. The van der Waals surface area contributed by atoms with Gasteiger partial charge in [0.15, 0.2) is 11.5 Å². The molecule has 1 spiro atoms. The van der Waals surface area contributed by atoms with E-state index in [2.05, 4.69) is 25.1 Å². The smallest absolute Gasteiger partial charge is 0.257 e. The number of ether oxygens (including phenoxy) is 2. The lowest BCUT2D eigenvalue weighted by Crippen LogP contribution is -2.62. The van der Waals surface area contributed by atoms with Gasteiger partial charge >= 0.3 is 0 Å². The summed E-state index contributed by atoms with van der Waals surface area (Å²) < 4.78 is 12.8. The van der Waals surface area contributed by atoms with Crippen LogP contribution < -0.4 is 9.47 Å². The zero-order valence-electron chi connectivity index (χ0n) is 11.4. The van der Waals surface area contributed by atoms with Gasteiger partial charge in [-0.1, -0.05) is 6.07 Å². The molecule has 100 valence electrons. The topological polar surface area (TPSA) is 18.5 Å². The molecule has 0 unspecified atom stereocenters. The Bertz CT molecular complexity index is 520. The highest BCUT2D eigenvalue weighted by Gasteiger charge is 2.63. The fourth-order valence-corrected chi connectivity index (χ4v) is 5.32. The number of aryl methyl sites for hydroxylation is 1. The van der Waals surface area contributed by atoms with Gasteiger partial charge in [-0.05, 0) is 68.6 Å². The largest absolute Gasteiger partial charge is 0.448 e. The fourth-order valence-electron chi connectivity index (χ4n) is 5.32. The first-order chi connectivity index (χ1) is 9.23. The molecule has 0 amide bonds. The zero-order chi connectivity index (χ0) is 12.6. The Hall–Kier alpha value is -1.18. The molecule has 1 aromatic carbocycles. The van der Waals surface area contributed by atoms with Crippen molar-refractivity contribution in [2.45, 2.75) is 44.8 Å². The van der Waals surface area contributed by atoms with Crippen LogP contribution >= 0.6 is 0 Å². The van der Waals surface area contributed by atoms with Crippen molar-refractivity contribution in [2.24, 2.45) is 23.7 Å². The van der Waals surface area contributed by atoms with E-state index in [9.17, 15) is 0 Å². The lowest BCUT2D eigenvalue weighted by Gasteiger charge is -2.57. The van der Waals surface area contributed by atoms with Gasteiger partial charge in [-0.15, -0.1) is 0 Å². The molecule has 4 aliphatic carbocycles. The molecule has 4 bridgehead atoms. The third-order valence-corrected chi connectivity index (χ3v) is 5.91. The van der Waals surface area contributed by atoms with Crippen LogP contribution in [0.5, 0.6) is 11.5 Å². The summed E-state index contributed by atoms with van der Waals surface area (Å²) in [5.74, 6) is 4.79. The Morgan fingerprint density at radius 1 is 0.895 bits per heavy atom. The van der Waals surface area contributed by atoms with Gasteiger partial charge in [-0.25, -0.2) is 0 Å². The summed E-state index contributed by atoms with van der Waals surface area (Å²) in [5.41, 5.74) is 1.25.